The second-order valence-corrected chi connectivity index (χ2v) is 20.3. The van der Waals surface area contributed by atoms with Crippen molar-refractivity contribution in [1.29, 1.82) is 0 Å². The molecule has 8 nitrogen and oxygen atoms in total. The number of nitrogens with one attached hydrogen (secondary N) is 1. The van der Waals surface area contributed by atoms with E-state index in [4.69, 9.17) is 14.8 Å². The standard InChI is InChI=1S/C53H107N2O6P/c1-3-5-7-9-11-13-15-17-19-21-23-25-26-27-29-31-33-35-37-39-41-43-45-47-53(57)55-51(50-61-62(58,59)60-49-48-54)52(56)46-44-42-40-38-36-34-32-30-28-24-22-20-18-16-14-12-10-8-6-4-2/h44,46,51-52,56H,3-43,45,47-50,54H2,1-2H3,(H,55,57)(H,58,59)/b46-44+. The van der Waals surface area contributed by atoms with Gasteiger partial charge in [0, 0.05) is 13.0 Å². The van der Waals surface area contributed by atoms with Crippen molar-refractivity contribution in [1.82, 2.24) is 5.32 Å². The molecule has 0 aromatic heterocycles. The van der Waals surface area contributed by atoms with Gasteiger partial charge in [0.25, 0.3) is 0 Å². The molecule has 0 bridgehead atoms. The van der Waals surface area contributed by atoms with Gasteiger partial charge in [-0.3, -0.25) is 13.8 Å². The van der Waals surface area contributed by atoms with Crippen LogP contribution in [0.1, 0.15) is 290 Å². The van der Waals surface area contributed by atoms with Crippen molar-refractivity contribution in [2.45, 2.75) is 302 Å². The minimum Gasteiger partial charge on any atom is -0.387 e. The summed E-state index contributed by atoms with van der Waals surface area (Å²) < 4.78 is 22.3. The maximum absolute atomic E-state index is 12.8. The highest BCUT2D eigenvalue weighted by Gasteiger charge is 2.27. The Labute approximate surface area is 385 Å². The molecule has 370 valence electrons. The average molecular weight is 899 g/mol. The zero-order chi connectivity index (χ0) is 45.3. The van der Waals surface area contributed by atoms with Crippen LogP contribution in [-0.2, 0) is 18.4 Å². The molecular weight excluding hydrogens is 792 g/mol. The Morgan fingerprint density at radius 3 is 1.15 bits per heavy atom. The lowest BCUT2D eigenvalue weighted by atomic mass is 10.0. The topological polar surface area (TPSA) is 131 Å². The molecule has 1 amide bonds. The van der Waals surface area contributed by atoms with Gasteiger partial charge in [0.05, 0.1) is 25.4 Å². The number of phosphoric ester groups is 1. The highest BCUT2D eigenvalue weighted by Crippen LogP contribution is 2.43. The molecule has 0 spiro atoms. The van der Waals surface area contributed by atoms with Crippen LogP contribution in [0.2, 0.25) is 0 Å². The molecule has 3 atom stereocenters. The van der Waals surface area contributed by atoms with Gasteiger partial charge < -0.3 is 21.1 Å². The molecule has 0 aliphatic rings. The Morgan fingerprint density at radius 2 is 0.823 bits per heavy atom. The van der Waals surface area contributed by atoms with Crippen LogP contribution in [0.15, 0.2) is 12.2 Å². The monoisotopic (exact) mass is 899 g/mol. The largest absolute Gasteiger partial charge is 0.472 e. The summed E-state index contributed by atoms with van der Waals surface area (Å²) in [6.07, 6.45) is 58.6. The number of amides is 1. The predicted molar refractivity (Wildman–Crippen MR) is 268 cm³/mol. The van der Waals surface area contributed by atoms with E-state index in [2.05, 4.69) is 19.2 Å². The Kier molecular flexibility index (Phi) is 49.1. The Hall–Kier alpha value is -0.760. The van der Waals surface area contributed by atoms with Crippen LogP contribution in [0.25, 0.3) is 0 Å². The van der Waals surface area contributed by atoms with Crippen molar-refractivity contribution in [3.63, 3.8) is 0 Å². The van der Waals surface area contributed by atoms with Gasteiger partial charge in [0.15, 0.2) is 0 Å². The fourth-order valence-corrected chi connectivity index (χ4v) is 9.25. The zero-order valence-corrected chi connectivity index (χ0v) is 42.3. The van der Waals surface area contributed by atoms with Crippen molar-refractivity contribution in [3.8, 4) is 0 Å². The Balaban J connectivity index is 4.01. The van der Waals surface area contributed by atoms with E-state index in [-0.39, 0.29) is 25.7 Å². The minimum absolute atomic E-state index is 0.0818. The van der Waals surface area contributed by atoms with Gasteiger partial charge in [-0.25, -0.2) is 4.57 Å². The van der Waals surface area contributed by atoms with Crippen molar-refractivity contribution in [2.24, 2.45) is 5.73 Å². The van der Waals surface area contributed by atoms with Crippen LogP contribution in [0, 0.1) is 0 Å². The summed E-state index contributed by atoms with van der Waals surface area (Å²) in [6.45, 7) is 4.19. The maximum atomic E-state index is 12.8. The average Bonchev–Trinajstić information content (AvgIpc) is 3.26. The van der Waals surface area contributed by atoms with Crippen LogP contribution in [0.3, 0.4) is 0 Å². The molecule has 0 radical (unpaired) electrons. The second-order valence-electron chi connectivity index (χ2n) is 18.8. The van der Waals surface area contributed by atoms with E-state index in [1.54, 1.807) is 6.08 Å². The third-order valence-corrected chi connectivity index (χ3v) is 13.6. The Bertz CT molecular complexity index is 984. The third kappa shape index (κ3) is 47.2. The number of carbonyl (C=O) groups is 1. The number of nitrogens with two attached hydrogens (primary N) is 1. The van der Waals surface area contributed by atoms with Crippen molar-refractivity contribution in [3.05, 3.63) is 12.2 Å². The SMILES string of the molecule is CCCCCCCCCCCCCCCCCCCC/C=C/C(O)C(COP(=O)(O)OCCN)NC(=O)CCCCCCCCCCCCCCCCCCCCCCCCC. The van der Waals surface area contributed by atoms with Gasteiger partial charge in [-0.2, -0.15) is 0 Å². The number of hydrogen-bond donors (Lipinski definition) is 4. The van der Waals surface area contributed by atoms with Crippen molar-refractivity contribution < 1.29 is 28.4 Å². The summed E-state index contributed by atoms with van der Waals surface area (Å²) in [7, 11) is -4.34. The first-order chi connectivity index (χ1) is 30.4. The predicted octanol–water partition coefficient (Wildman–Crippen LogP) is 16.3. The number of carbonyl (C=O) groups excluding carboxylic acids is 1. The van der Waals surface area contributed by atoms with Crippen LogP contribution >= 0.6 is 7.82 Å². The van der Waals surface area contributed by atoms with Crippen LogP contribution in [-0.4, -0.2) is 47.8 Å². The molecule has 0 aromatic carbocycles. The lowest BCUT2D eigenvalue weighted by molar-refractivity contribution is -0.123. The number of aliphatic hydroxyl groups is 1. The number of rotatable bonds is 52. The number of aliphatic hydroxyl groups excluding tert-OH is 1. The fourth-order valence-electron chi connectivity index (χ4n) is 8.49. The summed E-state index contributed by atoms with van der Waals surface area (Å²) >= 11 is 0. The molecule has 5 N–H and O–H groups in total. The number of allylic oxidation sites excluding steroid dienone is 1. The molecular formula is C53H107N2O6P. The molecule has 0 fully saturated rings. The molecule has 0 rings (SSSR count). The minimum atomic E-state index is -4.34. The molecule has 62 heavy (non-hydrogen) atoms. The van der Waals surface area contributed by atoms with Crippen LogP contribution in [0.5, 0.6) is 0 Å². The molecule has 9 heteroatoms. The van der Waals surface area contributed by atoms with Crippen molar-refractivity contribution >= 4 is 13.7 Å². The summed E-state index contributed by atoms with van der Waals surface area (Å²) in [4.78, 5) is 22.8. The smallest absolute Gasteiger partial charge is 0.387 e. The maximum Gasteiger partial charge on any atom is 0.472 e. The van der Waals surface area contributed by atoms with Gasteiger partial charge in [0.1, 0.15) is 0 Å². The summed E-state index contributed by atoms with van der Waals surface area (Å²) in [5.74, 6) is -0.186. The zero-order valence-electron chi connectivity index (χ0n) is 41.4. The first kappa shape index (κ1) is 61.2. The highest BCUT2D eigenvalue weighted by molar-refractivity contribution is 7.47. The lowest BCUT2D eigenvalue weighted by Gasteiger charge is -2.23. The van der Waals surface area contributed by atoms with E-state index in [0.29, 0.717) is 6.42 Å². The molecule has 3 unspecified atom stereocenters. The van der Waals surface area contributed by atoms with Gasteiger partial charge >= 0.3 is 7.82 Å². The Morgan fingerprint density at radius 1 is 0.516 bits per heavy atom. The van der Waals surface area contributed by atoms with Gasteiger partial charge in [-0.05, 0) is 19.3 Å². The molecule has 0 aliphatic heterocycles. The summed E-state index contributed by atoms with van der Waals surface area (Å²) in [5.41, 5.74) is 5.40. The van der Waals surface area contributed by atoms with E-state index in [1.807, 2.05) is 6.08 Å². The lowest BCUT2D eigenvalue weighted by Crippen LogP contribution is -2.45. The number of phosphoric acid groups is 1. The molecule has 0 saturated heterocycles. The quantitative estimate of drug-likeness (QED) is 0.0272. The normalized spacial score (nSPS) is 13.8. The fraction of sp³-hybridized carbons (Fsp3) is 0.943. The number of hydrogen-bond acceptors (Lipinski definition) is 6. The number of unbranched alkanes of at least 4 members (excludes halogenated alkanes) is 40. The summed E-state index contributed by atoms with van der Waals surface area (Å²) in [6, 6.07) is -0.856. The summed E-state index contributed by atoms with van der Waals surface area (Å²) in [5, 5.41) is 13.8. The third-order valence-electron chi connectivity index (χ3n) is 12.6. The van der Waals surface area contributed by atoms with Crippen LogP contribution < -0.4 is 11.1 Å². The van der Waals surface area contributed by atoms with Crippen LogP contribution in [0.4, 0.5) is 0 Å². The van der Waals surface area contributed by atoms with Crippen molar-refractivity contribution in [2.75, 3.05) is 19.8 Å². The first-order valence-electron chi connectivity index (χ1n) is 27.3. The van der Waals surface area contributed by atoms with E-state index in [1.165, 1.54) is 231 Å². The van der Waals surface area contributed by atoms with Gasteiger partial charge in [0.2, 0.25) is 5.91 Å². The van der Waals surface area contributed by atoms with Gasteiger partial charge in [-0.1, -0.05) is 276 Å². The molecule has 0 aromatic rings. The molecule has 0 saturated carbocycles. The molecule has 0 aliphatic carbocycles. The van der Waals surface area contributed by atoms with Gasteiger partial charge in [-0.15, -0.1) is 0 Å². The van der Waals surface area contributed by atoms with E-state index >= 15 is 0 Å². The molecule has 0 heterocycles. The van der Waals surface area contributed by atoms with E-state index in [9.17, 15) is 19.4 Å². The highest BCUT2D eigenvalue weighted by atomic mass is 31.2. The second kappa shape index (κ2) is 49.7. The van der Waals surface area contributed by atoms with E-state index < -0.39 is 20.0 Å². The first-order valence-corrected chi connectivity index (χ1v) is 28.8. The van der Waals surface area contributed by atoms with E-state index in [0.717, 1.165) is 38.5 Å².